The number of rotatable bonds is 6. The summed E-state index contributed by atoms with van der Waals surface area (Å²) < 4.78 is 34.1. The number of hydrogen-bond donors (Lipinski definition) is 1. The Morgan fingerprint density at radius 3 is 2.03 bits per heavy atom. The predicted molar refractivity (Wildman–Crippen MR) is 119 cm³/mol. The van der Waals surface area contributed by atoms with Crippen LogP contribution < -0.4 is 4.72 Å². The molecule has 1 N–H and O–H groups in total. The van der Waals surface area contributed by atoms with Gasteiger partial charge in [0.05, 0.1) is 11.5 Å². The maximum atomic E-state index is 12.5. The molecule has 0 saturated carbocycles. The van der Waals surface area contributed by atoms with Gasteiger partial charge in [0.15, 0.2) is 0 Å². The number of hydrogen-bond acceptors (Lipinski definition) is 3. The number of benzene rings is 3. The van der Waals surface area contributed by atoms with Gasteiger partial charge in [-0.15, -0.1) is 0 Å². The summed E-state index contributed by atoms with van der Waals surface area (Å²) in [7, 11) is -3.54. The van der Waals surface area contributed by atoms with Crippen molar-refractivity contribution in [2.75, 3.05) is 13.2 Å². The van der Waals surface area contributed by atoms with E-state index in [1.165, 1.54) is 0 Å². The summed E-state index contributed by atoms with van der Waals surface area (Å²) in [6.45, 7) is 2.63. The average molecular weight is 420 g/mol. The van der Waals surface area contributed by atoms with Crippen LogP contribution in [0.5, 0.6) is 0 Å². The van der Waals surface area contributed by atoms with Gasteiger partial charge in [0, 0.05) is 13.0 Å². The molecule has 0 atom stereocenters. The highest BCUT2D eigenvalue weighted by Gasteiger charge is 2.40. The molecule has 1 heterocycles. The zero-order chi connectivity index (χ0) is 21.0. The van der Waals surface area contributed by atoms with Crippen molar-refractivity contribution in [2.24, 2.45) is 0 Å². The van der Waals surface area contributed by atoms with Crippen LogP contribution in [0.15, 0.2) is 101 Å². The first kappa shape index (κ1) is 20.5. The van der Waals surface area contributed by atoms with Gasteiger partial charge < -0.3 is 4.74 Å². The summed E-state index contributed by atoms with van der Waals surface area (Å²) in [5, 5.41) is 0. The van der Waals surface area contributed by atoms with Crippen molar-refractivity contribution in [3.63, 3.8) is 0 Å². The van der Waals surface area contributed by atoms with Crippen molar-refractivity contribution in [2.45, 2.75) is 23.8 Å². The van der Waals surface area contributed by atoms with Crippen LogP contribution in [0.1, 0.15) is 23.1 Å². The third-order valence-corrected chi connectivity index (χ3v) is 6.90. The van der Waals surface area contributed by atoms with Crippen LogP contribution >= 0.6 is 0 Å². The second-order valence-electron chi connectivity index (χ2n) is 7.55. The molecule has 4 nitrogen and oxygen atoms in total. The van der Waals surface area contributed by atoms with Crippen molar-refractivity contribution in [3.05, 3.63) is 113 Å². The third-order valence-electron chi connectivity index (χ3n) is 5.46. The second kappa shape index (κ2) is 8.56. The van der Waals surface area contributed by atoms with E-state index in [1.807, 2.05) is 49.4 Å². The third kappa shape index (κ3) is 4.24. The van der Waals surface area contributed by atoms with Crippen LogP contribution in [0.25, 0.3) is 0 Å². The Morgan fingerprint density at radius 2 is 1.47 bits per heavy atom. The van der Waals surface area contributed by atoms with E-state index in [-0.39, 0.29) is 11.4 Å². The zero-order valence-corrected chi connectivity index (χ0v) is 17.7. The molecule has 5 heteroatoms. The predicted octanol–water partition coefficient (Wildman–Crippen LogP) is 4.56. The summed E-state index contributed by atoms with van der Waals surface area (Å²) >= 11 is 0. The molecule has 0 amide bonds. The van der Waals surface area contributed by atoms with E-state index in [0.717, 1.165) is 22.3 Å². The average Bonchev–Trinajstić information content (AvgIpc) is 3.21. The van der Waals surface area contributed by atoms with Gasteiger partial charge >= 0.3 is 0 Å². The van der Waals surface area contributed by atoms with Crippen molar-refractivity contribution < 1.29 is 13.2 Å². The van der Waals surface area contributed by atoms with Crippen molar-refractivity contribution in [3.8, 4) is 0 Å². The number of sulfonamides is 1. The van der Waals surface area contributed by atoms with E-state index < -0.39 is 15.6 Å². The van der Waals surface area contributed by atoms with E-state index in [0.29, 0.717) is 13.0 Å². The molecule has 0 spiro atoms. The fourth-order valence-electron chi connectivity index (χ4n) is 3.82. The number of ether oxygens (including phenoxy) is 1. The Morgan fingerprint density at radius 1 is 0.900 bits per heavy atom. The van der Waals surface area contributed by atoms with Crippen LogP contribution in [-0.4, -0.2) is 21.6 Å². The van der Waals surface area contributed by atoms with Crippen LogP contribution in [0.4, 0.5) is 0 Å². The molecule has 3 aromatic rings. The molecule has 0 aliphatic carbocycles. The van der Waals surface area contributed by atoms with Gasteiger partial charge in [-0.1, -0.05) is 84.4 Å². The minimum absolute atomic E-state index is 0.231. The lowest BCUT2D eigenvalue weighted by atomic mass is 9.83. The first-order valence-corrected chi connectivity index (χ1v) is 11.5. The minimum Gasteiger partial charge on any atom is -0.361 e. The van der Waals surface area contributed by atoms with Gasteiger partial charge in [-0.2, -0.15) is 0 Å². The smallest absolute Gasteiger partial charge is 0.240 e. The van der Waals surface area contributed by atoms with Gasteiger partial charge in [-0.05, 0) is 35.8 Å². The highest BCUT2D eigenvalue weighted by molar-refractivity contribution is 7.89. The molecule has 30 heavy (non-hydrogen) atoms. The first-order chi connectivity index (χ1) is 14.5. The van der Waals surface area contributed by atoms with Crippen LogP contribution in [0.3, 0.4) is 0 Å². The first-order valence-electron chi connectivity index (χ1n) is 9.99. The molecular formula is C25H25NO3S. The summed E-state index contributed by atoms with van der Waals surface area (Å²) in [5.74, 6) is 0. The standard InChI is InChI=1S/C25H25NO3S/c1-20-12-14-24(15-13-20)30(27,28)26-17-16-21-18-25(29-19-21,22-8-4-2-5-9-22)23-10-6-3-7-11-23/h2-16,26H,17-19H2,1H3/b21-16-. The second-order valence-corrected chi connectivity index (χ2v) is 9.32. The molecule has 1 aliphatic heterocycles. The molecule has 0 radical (unpaired) electrons. The monoisotopic (exact) mass is 419 g/mol. The molecular weight excluding hydrogens is 394 g/mol. The quantitative estimate of drug-likeness (QED) is 0.596. The summed E-state index contributed by atoms with van der Waals surface area (Å²) in [5.41, 5.74) is 3.75. The Balaban J connectivity index is 1.53. The lowest BCUT2D eigenvalue weighted by molar-refractivity contribution is 0.0371. The lowest BCUT2D eigenvalue weighted by Gasteiger charge is -2.29. The van der Waals surface area contributed by atoms with E-state index in [9.17, 15) is 8.42 Å². The number of aryl methyl sites for hydroxylation is 1. The van der Waals surface area contributed by atoms with E-state index >= 15 is 0 Å². The van der Waals surface area contributed by atoms with E-state index in [2.05, 4.69) is 29.0 Å². The number of nitrogens with one attached hydrogen (secondary N) is 1. The summed E-state index contributed by atoms with van der Waals surface area (Å²) in [6, 6.07) is 27.2. The van der Waals surface area contributed by atoms with Gasteiger partial charge in [0.1, 0.15) is 5.60 Å². The summed E-state index contributed by atoms with van der Waals surface area (Å²) in [6.07, 6.45) is 2.62. The highest BCUT2D eigenvalue weighted by Crippen LogP contribution is 2.44. The van der Waals surface area contributed by atoms with Crippen LogP contribution in [0.2, 0.25) is 0 Å². The Hall–Kier alpha value is -2.73. The van der Waals surface area contributed by atoms with Gasteiger partial charge in [-0.3, -0.25) is 0 Å². The van der Waals surface area contributed by atoms with Gasteiger partial charge in [-0.25, -0.2) is 13.1 Å². The topological polar surface area (TPSA) is 55.4 Å². The summed E-state index contributed by atoms with van der Waals surface area (Å²) in [4.78, 5) is 0.275. The fraction of sp³-hybridized carbons (Fsp3) is 0.200. The Kier molecular flexibility index (Phi) is 5.86. The molecule has 3 aromatic carbocycles. The van der Waals surface area contributed by atoms with Gasteiger partial charge in [0.2, 0.25) is 10.0 Å². The van der Waals surface area contributed by atoms with Crippen molar-refractivity contribution in [1.29, 1.82) is 0 Å². The highest BCUT2D eigenvalue weighted by atomic mass is 32.2. The van der Waals surface area contributed by atoms with E-state index in [1.54, 1.807) is 24.3 Å². The molecule has 1 aliphatic rings. The molecule has 154 valence electrons. The van der Waals surface area contributed by atoms with Crippen molar-refractivity contribution >= 4 is 10.0 Å². The largest absolute Gasteiger partial charge is 0.361 e. The molecule has 0 bridgehead atoms. The SMILES string of the molecule is Cc1ccc(S(=O)(=O)NC/C=C2\COC(c3ccccc3)(c3ccccc3)C2)cc1. The molecule has 1 fully saturated rings. The Labute approximate surface area is 178 Å². The fourth-order valence-corrected chi connectivity index (χ4v) is 4.78. The van der Waals surface area contributed by atoms with Gasteiger partial charge in [0.25, 0.3) is 0 Å². The maximum absolute atomic E-state index is 12.5. The van der Waals surface area contributed by atoms with Crippen LogP contribution in [0, 0.1) is 6.92 Å². The van der Waals surface area contributed by atoms with Crippen molar-refractivity contribution in [1.82, 2.24) is 4.72 Å². The molecule has 0 unspecified atom stereocenters. The molecule has 4 rings (SSSR count). The maximum Gasteiger partial charge on any atom is 0.240 e. The van der Waals surface area contributed by atoms with E-state index in [4.69, 9.17) is 4.74 Å². The molecule has 0 aromatic heterocycles. The zero-order valence-electron chi connectivity index (χ0n) is 16.9. The Bertz CT molecular complexity index is 1080. The minimum atomic E-state index is -3.54. The molecule has 1 saturated heterocycles. The van der Waals surface area contributed by atoms with Crippen LogP contribution in [-0.2, 0) is 20.4 Å². The lowest BCUT2D eigenvalue weighted by Crippen LogP contribution is -2.26. The normalized spacial score (nSPS) is 17.3.